The number of ether oxygens (including phenoxy) is 2. The molecule has 2 aromatic carbocycles. The lowest BCUT2D eigenvalue weighted by atomic mass is 10.2. The van der Waals surface area contributed by atoms with Crippen LogP contribution in [0.15, 0.2) is 46.9 Å². The predicted molar refractivity (Wildman–Crippen MR) is 89.5 cm³/mol. The first-order valence-corrected chi connectivity index (χ1v) is 7.78. The fourth-order valence-corrected chi connectivity index (χ4v) is 2.28. The summed E-state index contributed by atoms with van der Waals surface area (Å²) in [6, 6.07) is 11.5. The lowest BCUT2D eigenvalue weighted by molar-refractivity contribution is 0.0769. The second kappa shape index (κ2) is 7.97. The summed E-state index contributed by atoms with van der Waals surface area (Å²) < 4.78 is 25.0. The second-order valence-electron chi connectivity index (χ2n) is 4.87. The Balaban J connectivity index is 1.88. The van der Waals surface area contributed by atoms with Crippen LogP contribution < -0.4 is 9.47 Å². The molecule has 0 fully saturated rings. The Labute approximate surface area is 142 Å². The molecule has 0 spiro atoms. The van der Waals surface area contributed by atoms with Gasteiger partial charge in [-0.1, -0.05) is 15.9 Å². The van der Waals surface area contributed by atoms with E-state index in [1.807, 2.05) is 0 Å². The summed E-state index contributed by atoms with van der Waals surface area (Å²) in [6.45, 7) is 0.660. The number of halogens is 2. The summed E-state index contributed by atoms with van der Waals surface area (Å²) >= 11 is 3.17. The zero-order chi connectivity index (χ0) is 16.8. The Kier molecular flexibility index (Phi) is 5.98. The van der Waals surface area contributed by atoms with Crippen LogP contribution in [0.25, 0.3) is 0 Å². The van der Waals surface area contributed by atoms with E-state index in [0.29, 0.717) is 23.4 Å². The smallest absolute Gasteiger partial charge is 0.256 e. The zero-order valence-corrected chi connectivity index (χ0v) is 14.5. The Morgan fingerprint density at radius 2 is 1.83 bits per heavy atom. The van der Waals surface area contributed by atoms with Crippen molar-refractivity contribution in [3.05, 3.63) is 58.3 Å². The summed E-state index contributed by atoms with van der Waals surface area (Å²) in [5.41, 5.74) is 0.0418. The van der Waals surface area contributed by atoms with E-state index in [1.165, 1.54) is 17.0 Å². The molecule has 0 atom stereocenters. The third-order valence-corrected chi connectivity index (χ3v) is 3.76. The first-order valence-electron chi connectivity index (χ1n) is 6.98. The van der Waals surface area contributed by atoms with E-state index in [1.54, 1.807) is 44.5 Å². The minimum atomic E-state index is -0.549. The van der Waals surface area contributed by atoms with Crippen molar-refractivity contribution >= 4 is 21.8 Å². The summed E-state index contributed by atoms with van der Waals surface area (Å²) in [5.74, 6) is 0.498. The normalized spacial score (nSPS) is 10.3. The van der Waals surface area contributed by atoms with Crippen molar-refractivity contribution in [2.24, 2.45) is 0 Å². The first-order chi connectivity index (χ1) is 11.0. The number of rotatable bonds is 6. The molecule has 0 aromatic heterocycles. The van der Waals surface area contributed by atoms with Gasteiger partial charge in [0.1, 0.15) is 23.9 Å². The van der Waals surface area contributed by atoms with Crippen LogP contribution in [0.5, 0.6) is 11.5 Å². The monoisotopic (exact) mass is 381 g/mol. The first kappa shape index (κ1) is 17.3. The van der Waals surface area contributed by atoms with Gasteiger partial charge in [0.25, 0.3) is 5.91 Å². The van der Waals surface area contributed by atoms with Crippen LogP contribution in [0.3, 0.4) is 0 Å². The van der Waals surface area contributed by atoms with Gasteiger partial charge in [-0.15, -0.1) is 0 Å². The predicted octanol–water partition coefficient (Wildman–Crippen LogP) is 3.75. The lowest BCUT2D eigenvalue weighted by Crippen LogP contribution is -2.31. The summed E-state index contributed by atoms with van der Waals surface area (Å²) in [4.78, 5) is 13.6. The molecule has 0 radical (unpaired) electrons. The fraction of sp³-hybridized carbons (Fsp3) is 0.235. The molecule has 0 aliphatic rings. The van der Waals surface area contributed by atoms with Crippen LogP contribution in [-0.4, -0.2) is 38.1 Å². The molecular weight excluding hydrogens is 365 g/mol. The van der Waals surface area contributed by atoms with Gasteiger partial charge in [-0.25, -0.2) is 4.39 Å². The highest BCUT2D eigenvalue weighted by atomic mass is 79.9. The van der Waals surface area contributed by atoms with Crippen molar-refractivity contribution in [3.8, 4) is 11.5 Å². The SMILES string of the molecule is COc1ccc(OCCN(C)C(=O)c2ccc(Br)cc2F)cc1. The van der Waals surface area contributed by atoms with Crippen LogP contribution in [0.2, 0.25) is 0 Å². The molecule has 122 valence electrons. The molecule has 0 bridgehead atoms. The molecular formula is C17H17BrFNO3. The number of methoxy groups -OCH3 is 1. The highest BCUT2D eigenvalue weighted by molar-refractivity contribution is 9.10. The van der Waals surface area contributed by atoms with Crippen molar-refractivity contribution in [3.63, 3.8) is 0 Å². The Morgan fingerprint density at radius 3 is 2.43 bits per heavy atom. The van der Waals surface area contributed by atoms with E-state index in [-0.39, 0.29) is 11.5 Å². The molecule has 2 aromatic rings. The zero-order valence-electron chi connectivity index (χ0n) is 12.9. The Hall–Kier alpha value is -2.08. The minimum absolute atomic E-state index is 0.0418. The summed E-state index contributed by atoms with van der Waals surface area (Å²) in [6.07, 6.45) is 0. The Morgan fingerprint density at radius 1 is 1.17 bits per heavy atom. The number of likely N-dealkylation sites (N-methyl/N-ethyl adjacent to an activating group) is 1. The van der Waals surface area contributed by atoms with E-state index < -0.39 is 5.82 Å². The topological polar surface area (TPSA) is 38.8 Å². The van der Waals surface area contributed by atoms with Gasteiger partial charge in [-0.05, 0) is 42.5 Å². The highest BCUT2D eigenvalue weighted by Crippen LogP contribution is 2.18. The maximum absolute atomic E-state index is 13.8. The number of hydrogen-bond donors (Lipinski definition) is 0. The van der Waals surface area contributed by atoms with Crippen molar-refractivity contribution in [1.82, 2.24) is 4.90 Å². The summed E-state index contributed by atoms with van der Waals surface area (Å²) in [5, 5.41) is 0. The van der Waals surface area contributed by atoms with Crippen molar-refractivity contribution in [2.45, 2.75) is 0 Å². The molecule has 0 N–H and O–H groups in total. The quantitative estimate of drug-likeness (QED) is 0.764. The molecule has 6 heteroatoms. The molecule has 1 amide bonds. The number of carbonyl (C=O) groups is 1. The Bertz CT molecular complexity index is 676. The van der Waals surface area contributed by atoms with Gasteiger partial charge in [0.05, 0.1) is 19.2 Å². The lowest BCUT2D eigenvalue weighted by Gasteiger charge is -2.18. The van der Waals surface area contributed by atoms with E-state index in [2.05, 4.69) is 15.9 Å². The van der Waals surface area contributed by atoms with Crippen LogP contribution in [0.4, 0.5) is 4.39 Å². The number of amides is 1. The van der Waals surface area contributed by atoms with Crippen molar-refractivity contribution in [1.29, 1.82) is 0 Å². The van der Waals surface area contributed by atoms with Gasteiger partial charge < -0.3 is 14.4 Å². The van der Waals surface area contributed by atoms with Crippen LogP contribution >= 0.6 is 15.9 Å². The van der Waals surface area contributed by atoms with Crippen LogP contribution in [0.1, 0.15) is 10.4 Å². The average molecular weight is 382 g/mol. The van der Waals surface area contributed by atoms with Crippen molar-refractivity contribution in [2.75, 3.05) is 27.3 Å². The highest BCUT2D eigenvalue weighted by Gasteiger charge is 2.16. The van der Waals surface area contributed by atoms with Crippen LogP contribution in [-0.2, 0) is 0 Å². The van der Waals surface area contributed by atoms with Crippen LogP contribution in [0, 0.1) is 5.82 Å². The largest absolute Gasteiger partial charge is 0.497 e. The number of benzene rings is 2. The number of nitrogens with zero attached hydrogens (tertiary/aromatic N) is 1. The summed E-state index contributed by atoms with van der Waals surface area (Å²) in [7, 11) is 3.21. The number of carbonyl (C=O) groups excluding carboxylic acids is 1. The molecule has 4 nitrogen and oxygen atoms in total. The molecule has 0 saturated heterocycles. The average Bonchev–Trinajstić information content (AvgIpc) is 2.55. The minimum Gasteiger partial charge on any atom is -0.497 e. The molecule has 0 saturated carbocycles. The molecule has 0 aliphatic heterocycles. The molecule has 0 heterocycles. The third-order valence-electron chi connectivity index (χ3n) is 3.26. The van der Waals surface area contributed by atoms with E-state index in [9.17, 15) is 9.18 Å². The van der Waals surface area contributed by atoms with E-state index in [0.717, 1.165) is 5.75 Å². The molecule has 0 aliphatic carbocycles. The third kappa shape index (κ3) is 4.69. The van der Waals surface area contributed by atoms with E-state index >= 15 is 0 Å². The second-order valence-corrected chi connectivity index (χ2v) is 5.79. The van der Waals surface area contributed by atoms with Gasteiger partial charge in [-0.3, -0.25) is 4.79 Å². The maximum Gasteiger partial charge on any atom is 0.256 e. The fourth-order valence-electron chi connectivity index (χ4n) is 1.94. The van der Waals surface area contributed by atoms with E-state index in [4.69, 9.17) is 9.47 Å². The molecule has 2 rings (SSSR count). The molecule has 23 heavy (non-hydrogen) atoms. The molecule has 0 unspecified atom stereocenters. The van der Waals surface area contributed by atoms with Gasteiger partial charge >= 0.3 is 0 Å². The van der Waals surface area contributed by atoms with Gasteiger partial charge in [0.15, 0.2) is 0 Å². The van der Waals surface area contributed by atoms with Gasteiger partial charge in [0.2, 0.25) is 0 Å². The number of hydrogen-bond acceptors (Lipinski definition) is 3. The van der Waals surface area contributed by atoms with Gasteiger partial charge in [0, 0.05) is 11.5 Å². The van der Waals surface area contributed by atoms with Gasteiger partial charge in [-0.2, -0.15) is 0 Å². The van der Waals surface area contributed by atoms with Crippen molar-refractivity contribution < 1.29 is 18.7 Å². The standard InChI is InChI=1S/C17H17BrFNO3/c1-20(17(21)15-8-3-12(18)11-16(15)19)9-10-23-14-6-4-13(22-2)5-7-14/h3-8,11H,9-10H2,1-2H3. The maximum atomic E-state index is 13.8.